The van der Waals surface area contributed by atoms with Crippen LogP contribution in [-0.4, -0.2) is 6.54 Å². The molecule has 0 amide bonds. The molecule has 0 aliphatic heterocycles. The fourth-order valence-electron chi connectivity index (χ4n) is 1.80. The minimum atomic E-state index is 0.459. The summed E-state index contributed by atoms with van der Waals surface area (Å²) in [5.41, 5.74) is 1.36. The highest BCUT2D eigenvalue weighted by atomic mass is 79.9. The summed E-state index contributed by atoms with van der Waals surface area (Å²) in [7, 11) is 0. The monoisotopic (exact) mass is 267 g/mol. The Bertz CT molecular complexity index is 320. The van der Waals surface area contributed by atoms with Crippen LogP contribution in [-0.2, 0) is 0 Å². The quantitative estimate of drug-likeness (QED) is 0.854. The van der Waals surface area contributed by atoms with Crippen LogP contribution in [0.1, 0.15) is 37.8 Å². The molecule has 82 valence electrons. The SMILES string of the molecule is C[C@H](NCCC1CC1)c1cccc(Br)c1. The van der Waals surface area contributed by atoms with Crippen molar-refractivity contribution in [3.05, 3.63) is 34.3 Å². The number of hydrogen-bond donors (Lipinski definition) is 1. The van der Waals surface area contributed by atoms with E-state index in [1.807, 2.05) is 0 Å². The zero-order chi connectivity index (χ0) is 10.7. The summed E-state index contributed by atoms with van der Waals surface area (Å²) < 4.78 is 1.16. The van der Waals surface area contributed by atoms with E-state index in [0.29, 0.717) is 6.04 Å². The molecule has 0 spiro atoms. The van der Waals surface area contributed by atoms with Crippen LogP contribution >= 0.6 is 15.9 Å². The first-order valence-electron chi connectivity index (χ1n) is 5.74. The van der Waals surface area contributed by atoms with E-state index in [2.05, 4.69) is 52.4 Å². The van der Waals surface area contributed by atoms with E-state index in [-0.39, 0.29) is 0 Å². The van der Waals surface area contributed by atoms with Crippen molar-refractivity contribution in [1.82, 2.24) is 5.32 Å². The second-order valence-electron chi connectivity index (χ2n) is 4.46. The third-order valence-corrected chi connectivity index (χ3v) is 3.54. The fourth-order valence-corrected chi connectivity index (χ4v) is 2.22. The van der Waals surface area contributed by atoms with Crippen molar-refractivity contribution in [2.24, 2.45) is 5.92 Å². The van der Waals surface area contributed by atoms with Crippen LogP contribution in [0.15, 0.2) is 28.7 Å². The summed E-state index contributed by atoms with van der Waals surface area (Å²) in [5, 5.41) is 3.58. The van der Waals surface area contributed by atoms with E-state index in [9.17, 15) is 0 Å². The average Bonchev–Trinajstić information content (AvgIpc) is 3.01. The zero-order valence-electron chi connectivity index (χ0n) is 9.17. The largest absolute Gasteiger partial charge is 0.310 e. The zero-order valence-corrected chi connectivity index (χ0v) is 10.8. The molecule has 15 heavy (non-hydrogen) atoms. The molecule has 1 aliphatic carbocycles. The Morgan fingerprint density at radius 1 is 1.47 bits per heavy atom. The molecule has 1 nitrogen and oxygen atoms in total. The molecule has 1 aromatic rings. The molecule has 1 atom stereocenters. The van der Waals surface area contributed by atoms with Gasteiger partial charge in [-0.3, -0.25) is 0 Å². The van der Waals surface area contributed by atoms with Crippen molar-refractivity contribution in [2.75, 3.05) is 6.54 Å². The summed E-state index contributed by atoms with van der Waals surface area (Å²) in [6.45, 7) is 3.38. The maximum absolute atomic E-state index is 3.58. The molecule has 0 aromatic heterocycles. The molecule has 0 heterocycles. The molecule has 2 rings (SSSR count). The van der Waals surface area contributed by atoms with Crippen molar-refractivity contribution < 1.29 is 0 Å². The maximum Gasteiger partial charge on any atom is 0.0292 e. The van der Waals surface area contributed by atoms with Gasteiger partial charge in [-0.1, -0.05) is 40.9 Å². The standard InChI is InChI=1S/C13H18BrN/c1-10(15-8-7-11-5-6-11)12-3-2-4-13(14)9-12/h2-4,9-11,15H,5-8H2,1H3/t10-/m0/s1. The second-order valence-corrected chi connectivity index (χ2v) is 5.38. The average molecular weight is 268 g/mol. The van der Waals surface area contributed by atoms with Crippen molar-refractivity contribution in [3.8, 4) is 0 Å². The van der Waals surface area contributed by atoms with Gasteiger partial charge in [-0.05, 0) is 43.5 Å². The highest BCUT2D eigenvalue weighted by Crippen LogP contribution is 2.32. The van der Waals surface area contributed by atoms with Gasteiger partial charge in [0.25, 0.3) is 0 Å². The molecule has 0 saturated heterocycles. The lowest BCUT2D eigenvalue weighted by Gasteiger charge is -2.14. The van der Waals surface area contributed by atoms with Gasteiger partial charge in [0, 0.05) is 10.5 Å². The van der Waals surface area contributed by atoms with Crippen LogP contribution in [0, 0.1) is 5.92 Å². The van der Waals surface area contributed by atoms with Crippen molar-refractivity contribution in [3.63, 3.8) is 0 Å². The summed E-state index contributed by atoms with van der Waals surface area (Å²) in [6.07, 6.45) is 4.25. The molecule has 0 unspecified atom stereocenters. The summed E-state index contributed by atoms with van der Waals surface area (Å²) in [5.74, 6) is 1.02. The van der Waals surface area contributed by atoms with Gasteiger partial charge in [-0.15, -0.1) is 0 Å². The van der Waals surface area contributed by atoms with Crippen LogP contribution in [0.4, 0.5) is 0 Å². The number of hydrogen-bond acceptors (Lipinski definition) is 1. The molecular weight excluding hydrogens is 250 g/mol. The Morgan fingerprint density at radius 2 is 2.27 bits per heavy atom. The first-order valence-corrected chi connectivity index (χ1v) is 6.54. The van der Waals surface area contributed by atoms with Crippen molar-refractivity contribution in [1.29, 1.82) is 0 Å². The van der Waals surface area contributed by atoms with E-state index in [1.54, 1.807) is 0 Å². The topological polar surface area (TPSA) is 12.0 Å². The fraction of sp³-hybridized carbons (Fsp3) is 0.538. The van der Waals surface area contributed by atoms with Gasteiger partial charge in [-0.25, -0.2) is 0 Å². The molecular formula is C13H18BrN. The van der Waals surface area contributed by atoms with E-state index >= 15 is 0 Å². The lowest BCUT2D eigenvalue weighted by atomic mass is 10.1. The highest BCUT2D eigenvalue weighted by Gasteiger charge is 2.20. The van der Waals surface area contributed by atoms with Crippen LogP contribution in [0.25, 0.3) is 0 Å². The Hall–Kier alpha value is -0.340. The number of benzene rings is 1. The first kappa shape index (κ1) is 11.2. The van der Waals surface area contributed by atoms with E-state index in [4.69, 9.17) is 0 Å². The van der Waals surface area contributed by atoms with Gasteiger partial charge in [0.2, 0.25) is 0 Å². The van der Waals surface area contributed by atoms with Gasteiger partial charge < -0.3 is 5.32 Å². The van der Waals surface area contributed by atoms with Gasteiger partial charge in [0.1, 0.15) is 0 Å². The molecule has 1 fully saturated rings. The Balaban J connectivity index is 1.80. The molecule has 1 aliphatic rings. The lowest BCUT2D eigenvalue weighted by Crippen LogP contribution is -2.20. The third-order valence-electron chi connectivity index (χ3n) is 3.05. The first-order chi connectivity index (χ1) is 7.25. The molecule has 0 bridgehead atoms. The van der Waals surface area contributed by atoms with E-state index < -0.39 is 0 Å². The highest BCUT2D eigenvalue weighted by molar-refractivity contribution is 9.10. The summed E-state index contributed by atoms with van der Waals surface area (Å²) >= 11 is 3.50. The molecule has 1 aromatic carbocycles. The molecule has 1 saturated carbocycles. The van der Waals surface area contributed by atoms with Gasteiger partial charge in [-0.2, -0.15) is 0 Å². The maximum atomic E-state index is 3.58. The Labute approximate surface area is 100 Å². The molecule has 0 radical (unpaired) electrons. The van der Waals surface area contributed by atoms with Crippen LogP contribution in [0.2, 0.25) is 0 Å². The molecule has 2 heteroatoms. The number of rotatable bonds is 5. The van der Waals surface area contributed by atoms with Crippen LogP contribution < -0.4 is 5.32 Å². The van der Waals surface area contributed by atoms with Gasteiger partial charge in [0.15, 0.2) is 0 Å². The predicted octanol–water partition coefficient (Wildman–Crippen LogP) is 3.90. The molecule has 1 N–H and O–H groups in total. The summed E-state index contributed by atoms with van der Waals surface area (Å²) in [6, 6.07) is 8.99. The van der Waals surface area contributed by atoms with Crippen LogP contribution in [0.5, 0.6) is 0 Å². The van der Waals surface area contributed by atoms with Crippen molar-refractivity contribution in [2.45, 2.75) is 32.2 Å². The minimum Gasteiger partial charge on any atom is -0.310 e. The summed E-state index contributed by atoms with van der Waals surface area (Å²) in [4.78, 5) is 0. The van der Waals surface area contributed by atoms with E-state index in [1.165, 1.54) is 24.8 Å². The van der Waals surface area contributed by atoms with Crippen molar-refractivity contribution >= 4 is 15.9 Å². The van der Waals surface area contributed by atoms with Gasteiger partial charge in [0.05, 0.1) is 0 Å². The minimum absolute atomic E-state index is 0.459. The predicted molar refractivity (Wildman–Crippen MR) is 67.9 cm³/mol. The number of nitrogens with one attached hydrogen (secondary N) is 1. The second kappa shape index (κ2) is 5.13. The smallest absolute Gasteiger partial charge is 0.0292 e. The van der Waals surface area contributed by atoms with Gasteiger partial charge >= 0.3 is 0 Å². The van der Waals surface area contributed by atoms with E-state index in [0.717, 1.165) is 16.9 Å². The third kappa shape index (κ3) is 3.62. The Morgan fingerprint density at radius 3 is 2.93 bits per heavy atom. The number of halogens is 1. The lowest BCUT2D eigenvalue weighted by molar-refractivity contribution is 0.539. The van der Waals surface area contributed by atoms with Crippen LogP contribution in [0.3, 0.4) is 0 Å². The Kier molecular flexibility index (Phi) is 3.81. The normalized spacial score (nSPS) is 17.7.